The molecule has 0 aliphatic heterocycles. The molecule has 0 atom stereocenters. The van der Waals surface area contributed by atoms with Crippen LogP contribution in [0.5, 0.6) is 0 Å². The highest BCUT2D eigenvalue weighted by atomic mass is 16.6. The molecule has 0 fully saturated rings. The molecule has 0 unspecified atom stereocenters. The maximum Gasteiger partial charge on any atom is 0.329 e. The van der Waals surface area contributed by atoms with Crippen molar-refractivity contribution in [3.8, 4) is 0 Å². The van der Waals surface area contributed by atoms with Crippen LogP contribution in [0.4, 0.5) is 0 Å². The Bertz CT molecular complexity index is 934. The van der Waals surface area contributed by atoms with Gasteiger partial charge in [0.2, 0.25) is 0 Å². The molecule has 8 nitrogen and oxygen atoms in total. The van der Waals surface area contributed by atoms with Gasteiger partial charge < -0.3 is 33.5 Å². The van der Waals surface area contributed by atoms with Gasteiger partial charge >= 0.3 is 5.97 Å². The Morgan fingerprint density at radius 1 is 0.487 bits per heavy atom. The van der Waals surface area contributed by atoms with Crippen molar-refractivity contribution in [1.29, 1.82) is 0 Å². The van der Waals surface area contributed by atoms with Crippen LogP contribution in [0.15, 0.2) is 91.0 Å². The molecule has 210 valence electrons. The SMILES string of the molecule is O=C(O)COCCOCCOCCOCCOCCOC(c1ccccc1)(c1ccccc1)c1ccccc1. The van der Waals surface area contributed by atoms with Gasteiger partial charge in [-0.1, -0.05) is 91.0 Å². The lowest BCUT2D eigenvalue weighted by Gasteiger charge is -2.36. The average Bonchev–Trinajstić information content (AvgIpc) is 2.98. The van der Waals surface area contributed by atoms with Gasteiger partial charge in [-0.2, -0.15) is 0 Å². The number of carboxylic acids is 1. The van der Waals surface area contributed by atoms with Crippen LogP contribution < -0.4 is 0 Å². The minimum Gasteiger partial charge on any atom is -0.480 e. The van der Waals surface area contributed by atoms with Gasteiger partial charge in [-0.05, 0) is 16.7 Å². The molecule has 39 heavy (non-hydrogen) atoms. The summed E-state index contributed by atoms with van der Waals surface area (Å²) < 4.78 is 33.6. The first-order valence-corrected chi connectivity index (χ1v) is 13.1. The lowest BCUT2D eigenvalue weighted by Crippen LogP contribution is -2.34. The molecule has 0 saturated carbocycles. The maximum absolute atomic E-state index is 10.3. The second-order valence-electron chi connectivity index (χ2n) is 8.52. The molecule has 3 aromatic carbocycles. The van der Waals surface area contributed by atoms with Crippen LogP contribution in [0.1, 0.15) is 16.7 Å². The molecule has 0 aromatic heterocycles. The summed E-state index contributed by atoms with van der Waals surface area (Å²) >= 11 is 0. The number of carboxylic acid groups (broad SMARTS) is 1. The Hall–Kier alpha value is -3.11. The maximum atomic E-state index is 10.3. The molecular weight excluding hydrogens is 500 g/mol. The number of ether oxygens (including phenoxy) is 6. The quantitative estimate of drug-likeness (QED) is 0.160. The standard InChI is InChI=1S/C31H38O8/c32-30(33)26-38-23-22-36-19-18-34-16-17-35-20-21-37-24-25-39-31(27-10-4-1-5-11-27,28-12-6-2-7-13-28)29-14-8-3-9-15-29/h1-15H,16-26H2,(H,32,33). The highest BCUT2D eigenvalue weighted by Gasteiger charge is 2.37. The normalized spacial score (nSPS) is 11.5. The zero-order chi connectivity index (χ0) is 27.4. The Balaban J connectivity index is 1.35. The van der Waals surface area contributed by atoms with Crippen molar-refractivity contribution in [1.82, 2.24) is 0 Å². The van der Waals surface area contributed by atoms with Gasteiger partial charge in [-0.25, -0.2) is 4.79 Å². The van der Waals surface area contributed by atoms with Crippen LogP contribution >= 0.6 is 0 Å². The van der Waals surface area contributed by atoms with Crippen molar-refractivity contribution in [2.75, 3.05) is 72.7 Å². The Morgan fingerprint density at radius 2 is 0.795 bits per heavy atom. The Morgan fingerprint density at radius 3 is 1.13 bits per heavy atom. The van der Waals surface area contributed by atoms with E-state index < -0.39 is 11.6 Å². The summed E-state index contributed by atoms with van der Waals surface area (Å²) in [6.07, 6.45) is 0. The second kappa shape index (κ2) is 18.2. The largest absolute Gasteiger partial charge is 0.480 e. The minimum atomic E-state index is -0.992. The average molecular weight is 539 g/mol. The van der Waals surface area contributed by atoms with Gasteiger partial charge in [0.1, 0.15) is 12.2 Å². The summed E-state index contributed by atoms with van der Waals surface area (Å²) in [5.74, 6) is -0.992. The van der Waals surface area contributed by atoms with Gasteiger partial charge in [0.25, 0.3) is 0 Å². The van der Waals surface area contributed by atoms with Gasteiger partial charge in [-0.3, -0.25) is 0 Å². The fraction of sp³-hybridized carbons (Fsp3) is 0.387. The molecule has 1 N–H and O–H groups in total. The molecule has 0 bridgehead atoms. The summed E-state index contributed by atoms with van der Waals surface area (Å²) in [6.45, 7) is 3.77. The smallest absolute Gasteiger partial charge is 0.329 e. The molecule has 0 heterocycles. The van der Waals surface area contributed by atoms with E-state index in [1.165, 1.54) is 0 Å². The third kappa shape index (κ3) is 10.5. The van der Waals surface area contributed by atoms with Crippen molar-refractivity contribution in [2.45, 2.75) is 5.60 Å². The van der Waals surface area contributed by atoms with Crippen LogP contribution in [0, 0.1) is 0 Å². The molecule has 3 aromatic rings. The fourth-order valence-corrected chi connectivity index (χ4v) is 4.06. The molecule has 0 saturated heterocycles. The number of hydrogen-bond acceptors (Lipinski definition) is 7. The summed E-state index contributed by atoms with van der Waals surface area (Å²) in [4.78, 5) is 10.3. The number of benzene rings is 3. The molecular formula is C31H38O8. The first kappa shape index (κ1) is 30.4. The van der Waals surface area contributed by atoms with Gasteiger partial charge in [-0.15, -0.1) is 0 Å². The topological polar surface area (TPSA) is 92.7 Å². The predicted molar refractivity (Wildman–Crippen MR) is 147 cm³/mol. The van der Waals surface area contributed by atoms with E-state index in [0.29, 0.717) is 59.5 Å². The van der Waals surface area contributed by atoms with Crippen molar-refractivity contribution < 1.29 is 38.3 Å². The van der Waals surface area contributed by atoms with Crippen LogP contribution in [-0.4, -0.2) is 83.8 Å². The summed E-state index contributed by atoms with van der Waals surface area (Å²) in [6, 6.07) is 30.8. The van der Waals surface area contributed by atoms with Gasteiger partial charge in [0.05, 0.1) is 66.1 Å². The molecule has 0 aliphatic rings. The van der Waals surface area contributed by atoms with E-state index in [2.05, 4.69) is 36.4 Å². The van der Waals surface area contributed by atoms with Crippen molar-refractivity contribution >= 4 is 5.97 Å². The van der Waals surface area contributed by atoms with E-state index in [0.717, 1.165) is 16.7 Å². The van der Waals surface area contributed by atoms with Crippen LogP contribution in [0.25, 0.3) is 0 Å². The van der Waals surface area contributed by atoms with E-state index in [-0.39, 0.29) is 13.2 Å². The Labute approximate surface area is 230 Å². The molecule has 0 amide bonds. The summed E-state index contributed by atoms with van der Waals surface area (Å²) in [7, 11) is 0. The highest BCUT2D eigenvalue weighted by Crippen LogP contribution is 2.40. The molecule has 0 radical (unpaired) electrons. The number of hydrogen-bond donors (Lipinski definition) is 1. The second-order valence-corrected chi connectivity index (χ2v) is 8.52. The summed E-state index contributed by atoms with van der Waals surface area (Å²) in [5, 5.41) is 8.46. The lowest BCUT2D eigenvalue weighted by molar-refractivity contribution is -0.142. The van der Waals surface area contributed by atoms with Gasteiger partial charge in [0.15, 0.2) is 0 Å². The van der Waals surface area contributed by atoms with E-state index in [9.17, 15) is 4.79 Å². The number of rotatable bonds is 21. The Kier molecular flexibility index (Phi) is 14.2. The monoisotopic (exact) mass is 538 g/mol. The molecule has 0 aliphatic carbocycles. The van der Waals surface area contributed by atoms with Crippen molar-refractivity contribution in [3.05, 3.63) is 108 Å². The van der Waals surface area contributed by atoms with E-state index in [1.807, 2.05) is 54.6 Å². The zero-order valence-electron chi connectivity index (χ0n) is 22.2. The van der Waals surface area contributed by atoms with E-state index in [4.69, 9.17) is 33.5 Å². The number of aliphatic carboxylic acids is 1. The van der Waals surface area contributed by atoms with Crippen LogP contribution in [0.2, 0.25) is 0 Å². The van der Waals surface area contributed by atoms with Crippen molar-refractivity contribution in [3.63, 3.8) is 0 Å². The number of carbonyl (C=O) groups is 1. The zero-order valence-corrected chi connectivity index (χ0v) is 22.2. The van der Waals surface area contributed by atoms with Crippen LogP contribution in [0.3, 0.4) is 0 Å². The van der Waals surface area contributed by atoms with Crippen molar-refractivity contribution in [2.24, 2.45) is 0 Å². The molecule has 0 spiro atoms. The van der Waals surface area contributed by atoms with Crippen LogP contribution in [-0.2, 0) is 38.8 Å². The first-order chi connectivity index (χ1) is 19.2. The minimum absolute atomic E-state index is 0.242. The van der Waals surface area contributed by atoms with Gasteiger partial charge in [0, 0.05) is 0 Å². The molecule has 8 heteroatoms. The molecule has 3 rings (SSSR count). The lowest BCUT2D eigenvalue weighted by atomic mass is 9.80. The highest BCUT2D eigenvalue weighted by molar-refractivity contribution is 5.67. The first-order valence-electron chi connectivity index (χ1n) is 13.1. The third-order valence-electron chi connectivity index (χ3n) is 5.80. The third-order valence-corrected chi connectivity index (χ3v) is 5.80. The predicted octanol–water partition coefficient (Wildman–Crippen LogP) is 4.16. The van der Waals surface area contributed by atoms with E-state index >= 15 is 0 Å². The summed E-state index contributed by atoms with van der Waals surface area (Å²) in [5.41, 5.74) is 2.42. The van der Waals surface area contributed by atoms with E-state index in [1.54, 1.807) is 0 Å². The fourth-order valence-electron chi connectivity index (χ4n) is 4.06.